The normalized spacial score (nSPS) is 12.3. The molecule has 0 spiro atoms. The molecule has 4 aromatic carbocycles. The minimum Gasteiger partial charge on any atom is -0.370 e. The van der Waals surface area contributed by atoms with Gasteiger partial charge in [-0.25, -0.2) is 24.9 Å². The van der Waals surface area contributed by atoms with E-state index in [1.807, 2.05) is 59.4 Å². The molecule has 0 atom stereocenters. The molecule has 2 heterocycles. The summed E-state index contributed by atoms with van der Waals surface area (Å²) in [5.74, 6) is 0.877. The minimum absolute atomic E-state index is 0.00406. The van der Waals surface area contributed by atoms with Gasteiger partial charge in [-0.15, -0.1) is 5.43 Å². The van der Waals surface area contributed by atoms with Crippen molar-refractivity contribution in [2.45, 2.75) is 65.5 Å². The Bertz CT molecular complexity index is 2250. The summed E-state index contributed by atoms with van der Waals surface area (Å²) >= 11 is 0. The first-order valence-electron chi connectivity index (χ1n) is 16.7. The van der Waals surface area contributed by atoms with Gasteiger partial charge in [0, 0.05) is 28.1 Å². The summed E-state index contributed by atoms with van der Waals surface area (Å²) in [7, 11) is 0. The number of hydrogen-bond acceptors (Lipinski definition) is 5. The first-order chi connectivity index (χ1) is 23.8. The molecule has 7 N–H and O–H groups in total. The van der Waals surface area contributed by atoms with Gasteiger partial charge in [0.05, 0.1) is 24.3 Å². The highest BCUT2D eigenvalue weighted by Crippen LogP contribution is 2.29. The van der Waals surface area contributed by atoms with Crippen LogP contribution < -0.4 is 27.3 Å². The van der Waals surface area contributed by atoms with E-state index in [0.29, 0.717) is 5.82 Å². The number of benzene rings is 4. The van der Waals surface area contributed by atoms with Crippen molar-refractivity contribution in [3.05, 3.63) is 120 Å². The van der Waals surface area contributed by atoms with Crippen LogP contribution in [0, 0.1) is 0 Å². The summed E-state index contributed by atoms with van der Waals surface area (Å²) in [6.45, 7) is 13.7. The lowest BCUT2D eigenvalue weighted by Crippen LogP contribution is -2.52. The van der Waals surface area contributed by atoms with Crippen LogP contribution in [-0.2, 0) is 23.9 Å². The van der Waals surface area contributed by atoms with Crippen LogP contribution in [0.5, 0.6) is 0 Å². The second kappa shape index (κ2) is 13.5. The predicted octanol–water partition coefficient (Wildman–Crippen LogP) is 6.23. The van der Waals surface area contributed by atoms with Crippen molar-refractivity contribution in [3.63, 3.8) is 0 Å². The van der Waals surface area contributed by atoms with E-state index in [-0.39, 0.29) is 35.8 Å². The quantitative estimate of drug-likeness (QED) is 0.0895. The largest absolute Gasteiger partial charge is 0.370 e. The monoisotopic (exact) mass is 665 g/mol. The third-order valence-corrected chi connectivity index (χ3v) is 8.60. The van der Waals surface area contributed by atoms with E-state index in [1.54, 1.807) is 0 Å². The lowest BCUT2D eigenvalue weighted by atomic mass is 9.86. The van der Waals surface area contributed by atoms with Crippen molar-refractivity contribution in [2.75, 3.05) is 5.43 Å². The molecule has 0 saturated carbocycles. The number of para-hydroxylation sites is 2. The maximum atomic E-state index is 6.61. The number of guanidine groups is 2. The molecule has 0 unspecified atom stereocenters. The van der Waals surface area contributed by atoms with Gasteiger partial charge in [-0.2, -0.15) is 0 Å². The zero-order valence-electron chi connectivity index (χ0n) is 29.6. The van der Waals surface area contributed by atoms with Crippen molar-refractivity contribution in [2.24, 2.45) is 27.2 Å². The van der Waals surface area contributed by atoms with E-state index in [4.69, 9.17) is 37.1 Å². The number of fused-ring (bicyclic) bond motifs is 2. The zero-order chi connectivity index (χ0) is 35.6. The fraction of sp³-hybridized carbons (Fsp3) is 0.250. The SMILES string of the molecule is CC(C)(C)c1cccc(-c2c[n+](NC(N)=NCc3nc(-c4cccc(C(C)(C)C)c4)nc4ccccc34)c3cccc(CN=C(N)N)c3n2)c1. The summed E-state index contributed by atoms with van der Waals surface area (Å²) in [6.07, 6.45) is 1.93. The van der Waals surface area contributed by atoms with Gasteiger partial charge in [0.1, 0.15) is 11.2 Å². The van der Waals surface area contributed by atoms with Gasteiger partial charge in [-0.1, -0.05) is 113 Å². The van der Waals surface area contributed by atoms with Crippen molar-refractivity contribution in [3.8, 4) is 22.6 Å². The van der Waals surface area contributed by atoms with Crippen LogP contribution in [0.25, 0.3) is 44.6 Å². The van der Waals surface area contributed by atoms with Gasteiger partial charge < -0.3 is 17.2 Å². The molecule has 50 heavy (non-hydrogen) atoms. The van der Waals surface area contributed by atoms with Crippen LogP contribution in [0.3, 0.4) is 0 Å². The standard InChI is InChI=1S/C40H45N10/c1-39(2,3)28-15-9-12-25(20-28)33-24-50(34-19-11-14-27(35(34)46-33)22-44-37(41)42)49-38(43)45-23-32-30-17-7-8-18-31(30)47-36(48-32)26-13-10-16-29(21-26)40(4,5)6/h7-21,24H,22-23H2,1-6H3,(H4,41,42,44)(H3,43,45,46,49)/q+1. The van der Waals surface area contributed by atoms with Crippen molar-refractivity contribution < 1.29 is 4.68 Å². The average Bonchev–Trinajstić information content (AvgIpc) is 3.09. The molecule has 0 bridgehead atoms. The van der Waals surface area contributed by atoms with Gasteiger partial charge >= 0.3 is 0 Å². The third-order valence-electron chi connectivity index (χ3n) is 8.60. The van der Waals surface area contributed by atoms with Crippen LogP contribution in [0.2, 0.25) is 0 Å². The Hall–Kier alpha value is -5.90. The lowest BCUT2D eigenvalue weighted by molar-refractivity contribution is -0.612. The number of rotatable bonds is 7. The number of nitrogens with zero attached hydrogens (tertiary/aromatic N) is 6. The first-order valence-corrected chi connectivity index (χ1v) is 16.7. The number of nitrogens with one attached hydrogen (secondary N) is 1. The van der Waals surface area contributed by atoms with E-state index in [1.165, 1.54) is 11.1 Å². The molecule has 0 saturated heterocycles. The van der Waals surface area contributed by atoms with Gasteiger partial charge in [0.25, 0.3) is 5.52 Å². The summed E-state index contributed by atoms with van der Waals surface area (Å²) in [4.78, 5) is 24.0. The highest BCUT2D eigenvalue weighted by molar-refractivity contribution is 5.86. The third kappa shape index (κ3) is 7.54. The number of aliphatic imine (C=N–C) groups is 2. The molecule has 0 aliphatic heterocycles. The van der Waals surface area contributed by atoms with Crippen LogP contribution in [0.4, 0.5) is 0 Å². The van der Waals surface area contributed by atoms with E-state index in [2.05, 4.69) is 94.4 Å². The minimum atomic E-state index is -0.0306. The van der Waals surface area contributed by atoms with E-state index in [0.717, 1.165) is 50.0 Å². The molecule has 2 aromatic heterocycles. The Morgan fingerprint density at radius 1 is 0.700 bits per heavy atom. The van der Waals surface area contributed by atoms with E-state index in [9.17, 15) is 0 Å². The molecule has 6 rings (SSSR count). The second-order valence-electron chi connectivity index (χ2n) is 14.5. The fourth-order valence-corrected chi connectivity index (χ4v) is 5.76. The molecule has 0 aliphatic rings. The molecular weight excluding hydrogens is 621 g/mol. The fourth-order valence-electron chi connectivity index (χ4n) is 5.76. The summed E-state index contributed by atoms with van der Waals surface area (Å²) < 4.78 is 1.85. The van der Waals surface area contributed by atoms with Crippen molar-refractivity contribution in [1.82, 2.24) is 15.0 Å². The Morgan fingerprint density at radius 3 is 2.06 bits per heavy atom. The number of aromatic nitrogens is 4. The molecule has 0 fully saturated rings. The molecule has 10 heteroatoms. The lowest BCUT2D eigenvalue weighted by Gasteiger charge is -2.19. The predicted molar refractivity (Wildman–Crippen MR) is 204 cm³/mol. The Labute approximate surface area is 293 Å². The smallest absolute Gasteiger partial charge is 0.261 e. The molecule has 0 aliphatic carbocycles. The molecule has 0 amide bonds. The van der Waals surface area contributed by atoms with Crippen LogP contribution in [0.1, 0.15) is 63.9 Å². The topological polar surface area (TPSA) is 157 Å². The molecule has 10 nitrogen and oxygen atoms in total. The Kier molecular flexibility index (Phi) is 9.20. The maximum absolute atomic E-state index is 6.61. The average molecular weight is 666 g/mol. The second-order valence-corrected chi connectivity index (χ2v) is 14.5. The van der Waals surface area contributed by atoms with E-state index < -0.39 is 0 Å². The van der Waals surface area contributed by atoms with Gasteiger partial charge in [0.15, 0.2) is 11.8 Å². The van der Waals surface area contributed by atoms with Crippen LogP contribution >= 0.6 is 0 Å². The van der Waals surface area contributed by atoms with Crippen LogP contribution in [-0.4, -0.2) is 26.9 Å². The molecule has 0 radical (unpaired) electrons. The van der Waals surface area contributed by atoms with E-state index >= 15 is 0 Å². The summed E-state index contributed by atoms with van der Waals surface area (Å²) in [5.41, 5.74) is 30.4. The molecular formula is C40H45N10+. The Morgan fingerprint density at radius 2 is 1.36 bits per heavy atom. The Balaban J connectivity index is 1.40. The van der Waals surface area contributed by atoms with Crippen molar-refractivity contribution in [1.29, 1.82) is 0 Å². The van der Waals surface area contributed by atoms with Gasteiger partial charge in [0.2, 0.25) is 12.2 Å². The van der Waals surface area contributed by atoms with Crippen LogP contribution in [0.15, 0.2) is 107 Å². The molecule has 254 valence electrons. The zero-order valence-corrected chi connectivity index (χ0v) is 29.6. The van der Waals surface area contributed by atoms with Gasteiger partial charge in [-0.05, 0) is 40.2 Å². The summed E-state index contributed by atoms with van der Waals surface area (Å²) in [6, 6.07) is 30.7. The molecule has 6 aromatic rings. The highest BCUT2D eigenvalue weighted by Gasteiger charge is 2.21. The summed E-state index contributed by atoms with van der Waals surface area (Å²) in [5, 5.41) is 0.923. The number of nitrogens with two attached hydrogens (primary N) is 3. The highest BCUT2D eigenvalue weighted by atomic mass is 15.5. The van der Waals surface area contributed by atoms with Crippen molar-refractivity contribution >= 4 is 33.9 Å². The maximum Gasteiger partial charge on any atom is 0.261 e. The first kappa shape index (κ1) is 34.0. The van der Waals surface area contributed by atoms with Gasteiger partial charge in [-0.3, -0.25) is 0 Å². The number of hydrogen-bond donors (Lipinski definition) is 4.